The van der Waals surface area contributed by atoms with E-state index < -0.39 is 0 Å². The highest BCUT2D eigenvalue weighted by atomic mass is 16.6. The molecule has 0 amide bonds. The minimum Gasteiger partial charge on any atom is -0.390 e. The zero-order valence-corrected chi connectivity index (χ0v) is 23.3. The van der Waals surface area contributed by atoms with E-state index in [1.807, 2.05) is 0 Å². The second-order valence-electron chi connectivity index (χ2n) is 11.0. The predicted octanol–water partition coefficient (Wildman–Crippen LogP) is 11.0. The lowest BCUT2D eigenvalue weighted by molar-refractivity contribution is -0.0449. The van der Waals surface area contributed by atoms with Crippen LogP contribution in [0.1, 0.15) is 176 Å². The highest BCUT2D eigenvalue weighted by Crippen LogP contribution is 2.31. The second kappa shape index (κ2) is 21.0. The maximum absolute atomic E-state index is 6.34. The summed E-state index contributed by atoms with van der Waals surface area (Å²) in [7, 11) is 0. The quantitative estimate of drug-likeness (QED) is 0.0812. The maximum Gasteiger partial charge on any atom is 0.135 e. The summed E-state index contributed by atoms with van der Waals surface area (Å²) >= 11 is 0. The van der Waals surface area contributed by atoms with Crippen LogP contribution in [0.4, 0.5) is 0 Å². The Morgan fingerprint density at radius 2 is 0.844 bits per heavy atom. The number of hydrogen-bond acceptors (Lipinski definition) is 2. The first-order valence-corrected chi connectivity index (χ1v) is 14.7. The van der Waals surface area contributed by atoms with Crippen LogP contribution < -0.4 is 0 Å². The van der Waals surface area contributed by atoms with Gasteiger partial charge >= 0.3 is 0 Å². The van der Waals surface area contributed by atoms with Gasteiger partial charge in [0.2, 0.25) is 0 Å². The minimum absolute atomic E-state index is 0.0954. The van der Waals surface area contributed by atoms with Crippen LogP contribution in [0.15, 0.2) is 5.16 Å². The highest BCUT2D eigenvalue weighted by molar-refractivity contribution is 5.64. The monoisotopic (exact) mass is 451 g/mol. The Kier molecular flexibility index (Phi) is 20.7. The van der Waals surface area contributed by atoms with Crippen molar-refractivity contribution in [3.63, 3.8) is 0 Å². The van der Waals surface area contributed by atoms with Gasteiger partial charge in [0.15, 0.2) is 0 Å². The first kappa shape index (κ1) is 31.5. The maximum atomic E-state index is 6.34. The molecule has 0 aliphatic heterocycles. The summed E-state index contributed by atoms with van der Waals surface area (Å²) in [6, 6.07) is 0. The molecule has 32 heavy (non-hydrogen) atoms. The molecule has 1 atom stereocenters. The van der Waals surface area contributed by atoms with Crippen LogP contribution in [-0.2, 0) is 4.84 Å². The molecule has 0 spiro atoms. The molecule has 0 aromatic heterocycles. The lowest BCUT2D eigenvalue weighted by atomic mass is 9.81. The van der Waals surface area contributed by atoms with Crippen molar-refractivity contribution in [1.29, 1.82) is 0 Å². The van der Waals surface area contributed by atoms with Crippen molar-refractivity contribution in [3.05, 3.63) is 0 Å². The van der Waals surface area contributed by atoms with Gasteiger partial charge in [-0.1, -0.05) is 136 Å². The summed E-state index contributed by atoms with van der Waals surface area (Å²) in [5.74, 6) is 0. The van der Waals surface area contributed by atoms with Gasteiger partial charge in [-0.15, -0.1) is 0 Å². The zero-order chi connectivity index (χ0) is 24.0. The number of unbranched alkanes of at least 4 members (excludes halogenated alkanes) is 13. The summed E-state index contributed by atoms with van der Waals surface area (Å²) in [4.78, 5) is 6.34. The molecule has 0 aromatic rings. The van der Waals surface area contributed by atoms with E-state index in [2.05, 4.69) is 47.8 Å². The van der Waals surface area contributed by atoms with E-state index in [1.54, 1.807) is 0 Å². The fourth-order valence-electron chi connectivity index (χ4n) is 4.69. The number of oxime groups is 1. The Morgan fingerprint density at radius 3 is 1.25 bits per heavy atom. The van der Waals surface area contributed by atoms with Crippen LogP contribution in [0.25, 0.3) is 0 Å². The molecule has 0 N–H and O–H groups in total. The molecule has 0 saturated heterocycles. The molecular formula is C30H61NO. The van der Waals surface area contributed by atoms with Crippen molar-refractivity contribution in [1.82, 2.24) is 0 Å². The SMILES string of the molecule is CCCCCCCC(C)(CCCCCC)O/N=C\C(C)(CCCCCC)CCCCCC. The van der Waals surface area contributed by atoms with E-state index in [-0.39, 0.29) is 11.0 Å². The van der Waals surface area contributed by atoms with Gasteiger partial charge in [0, 0.05) is 11.6 Å². The third-order valence-electron chi connectivity index (χ3n) is 7.21. The topological polar surface area (TPSA) is 21.6 Å². The fraction of sp³-hybridized carbons (Fsp3) is 0.967. The Morgan fingerprint density at radius 1 is 0.500 bits per heavy atom. The molecule has 0 saturated carbocycles. The van der Waals surface area contributed by atoms with Gasteiger partial charge in [-0.3, -0.25) is 0 Å². The van der Waals surface area contributed by atoms with Gasteiger partial charge in [0.1, 0.15) is 5.60 Å². The molecular weight excluding hydrogens is 390 g/mol. The molecule has 0 aliphatic rings. The fourth-order valence-corrected chi connectivity index (χ4v) is 4.69. The van der Waals surface area contributed by atoms with Crippen LogP contribution in [-0.4, -0.2) is 11.8 Å². The van der Waals surface area contributed by atoms with Gasteiger partial charge in [0.25, 0.3) is 0 Å². The molecule has 192 valence electrons. The average Bonchev–Trinajstić information content (AvgIpc) is 2.77. The number of rotatable bonds is 24. The van der Waals surface area contributed by atoms with E-state index >= 15 is 0 Å². The van der Waals surface area contributed by atoms with Gasteiger partial charge in [-0.05, 0) is 45.4 Å². The summed E-state index contributed by atoms with van der Waals surface area (Å²) in [6.45, 7) is 13.9. The van der Waals surface area contributed by atoms with Crippen LogP contribution in [0.5, 0.6) is 0 Å². The van der Waals surface area contributed by atoms with Crippen molar-refractivity contribution in [2.45, 2.75) is 182 Å². The van der Waals surface area contributed by atoms with E-state index in [4.69, 9.17) is 9.99 Å². The van der Waals surface area contributed by atoms with Gasteiger partial charge < -0.3 is 4.84 Å². The number of hydrogen-bond donors (Lipinski definition) is 0. The van der Waals surface area contributed by atoms with Gasteiger partial charge in [0.05, 0.1) is 0 Å². The molecule has 0 rings (SSSR count). The zero-order valence-electron chi connectivity index (χ0n) is 23.3. The average molecular weight is 452 g/mol. The normalized spacial score (nSPS) is 14.2. The summed E-state index contributed by atoms with van der Waals surface area (Å²) in [5.41, 5.74) is 0.0908. The largest absolute Gasteiger partial charge is 0.390 e. The number of nitrogens with zero attached hydrogens (tertiary/aromatic N) is 1. The Bertz CT molecular complexity index is 407. The Hall–Kier alpha value is -0.530. The van der Waals surface area contributed by atoms with E-state index in [9.17, 15) is 0 Å². The van der Waals surface area contributed by atoms with Crippen LogP contribution >= 0.6 is 0 Å². The van der Waals surface area contributed by atoms with E-state index in [0.29, 0.717) is 0 Å². The van der Waals surface area contributed by atoms with E-state index in [1.165, 1.54) is 122 Å². The standard InChI is InChI=1S/C30H61NO/c1-7-11-15-19-23-27-30(6,26-22-18-14-10-4)32-31-28-29(5,24-20-16-12-8-2)25-21-17-13-9-3/h28H,7-27H2,1-6H3/b31-28-. The van der Waals surface area contributed by atoms with Crippen molar-refractivity contribution in [3.8, 4) is 0 Å². The lowest BCUT2D eigenvalue weighted by Crippen LogP contribution is -2.28. The Labute approximate surface area is 203 Å². The third kappa shape index (κ3) is 18.0. The molecule has 2 nitrogen and oxygen atoms in total. The first-order valence-electron chi connectivity index (χ1n) is 14.7. The molecule has 0 bridgehead atoms. The summed E-state index contributed by atoms with van der Waals surface area (Å²) in [5, 5.41) is 4.70. The molecule has 0 heterocycles. The third-order valence-corrected chi connectivity index (χ3v) is 7.21. The van der Waals surface area contributed by atoms with Crippen LogP contribution in [0.2, 0.25) is 0 Å². The minimum atomic E-state index is -0.0954. The molecule has 0 fully saturated rings. The van der Waals surface area contributed by atoms with Gasteiger partial charge in [-0.25, -0.2) is 0 Å². The second-order valence-corrected chi connectivity index (χ2v) is 11.0. The van der Waals surface area contributed by atoms with Crippen molar-refractivity contribution < 1.29 is 4.84 Å². The molecule has 0 radical (unpaired) electrons. The van der Waals surface area contributed by atoms with Crippen molar-refractivity contribution >= 4 is 6.21 Å². The van der Waals surface area contributed by atoms with Crippen LogP contribution in [0.3, 0.4) is 0 Å². The van der Waals surface area contributed by atoms with Gasteiger partial charge in [-0.2, -0.15) is 0 Å². The molecule has 1 unspecified atom stereocenters. The summed E-state index contributed by atoms with van der Waals surface area (Å²) in [6.07, 6.45) is 29.5. The molecule has 0 aromatic carbocycles. The smallest absolute Gasteiger partial charge is 0.135 e. The predicted molar refractivity (Wildman–Crippen MR) is 146 cm³/mol. The Balaban J connectivity index is 4.90. The summed E-state index contributed by atoms with van der Waals surface area (Å²) < 4.78 is 0. The van der Waals surface area contributed by atoms with Crippen molar-refractivity contribution in [2.24, 2.45) is 10.6 Å². The molecule has 2 heteroatoms. The highest BCUT2D eigenvalue weighted by Gasteiger charge is 2.27. The molecule has 0 aliphatic carbocycles. The lowest BCUT2D eigenvalue weighted by Gasteiger charge is -2.29. The van der Waals surface area contributed by atoms with E-state index in [0.717, 1.165) is 12.8 Å². The van der Waals surface area contributed by atoms with Crippen LogP contribution in [0, 0.1) is 5.41 Å². The first-order chi connectivity index (χ1) is 15.4. The van der Waals surface area contributed by atoms with Crippen molar-refractivity contribution in [2.75, 3.05) is 0 Å².